The van der Waals surface area contributed by atoms with Crippen molar-refractivity contribution < 1.29 is 13.2 Å². The van der Waals surface area contributed by atoms with E-state index in [1.165, 1.54) is 11.9 Å². The molecule has 2 atom stereocenters. The Morgan fingerprint density at radius 1 is 1.15 bits per heavy atom. The summed E-state index contributed by atoms with van der Waals surface area (Å²) >= 11 is 6.08. The van der Waals surface area contributed by atoms with Crippen molar-refractivity contribution >= 4 is 21.4 Å². The molecule has 2 bridgehead atoms. The second kappa shape index (κ2) is 7.37. The molecule has 2 unspecified atom stereocenters. The van der Waals surface area contributed by atoms with Crippen LogP contribution in [0.2, 0.25) is 5.15 Å². The van der Waals surface area contributed by atoms with Crippen LogP contribution in [0.3, 0.4) is 0 Å². The standard InChI is InChI=1S/C19H22ClN3O3S/c1-13-18(20)21-12-22-19(13)26-17-15-8-23(7-14-5-3-2-4-6-14)9-16(17)11-27(24,25)10-15/h2-6,12,15-17H,7-11H2,1H3. The highest BCUT2D eigenvalue weighted by molar-refractivity contribution is 7.91. The predicted octanol–water partition coefficient (Wildman–Crippen LogP) is 2.36. The van der Waals surface area contributed by atoms with Crippen molar-refractivity contribution in [3.8, 4) is 5.88 Å². The molecule has 4 rings (SSSR count). The molecule has 27 heavy (non-hydrogen) atoms. The number of likely N-dealkylation sites (tertiary alicyclic amines) is 1. The summed E-state index contributed by atoms with van der Waals surface area (Å²) in [6, 6.07) is 10.2. The Bertz CT molecular complexity index is 901. The van der Waals surface area contributed by atoms with Gasteiger partial charge in [-0.1, -0.05) is 41.9 Å². The second-order valence-corrected chi connectivity index (χ2v) is 9.97. The van der Waals surface area contributed by atoms with Crippen LogP contribution in [-0.2, 0) is 16.4 Å². The number of aromatic nitrogens is 2. The van der Waals surface area contributed by atoms with Crippen molar-refractivity contribution in [1.82, 2.24) is 14.9 Å². The van der Waals surface area contributed by atoms with E-state index in [0.717, 1.165) is 6.54 Å². The van der Waals surface area contributed by atoms with Crippen molar-refractivity contribution in [3.63, 3.8) is 0 Å². The third-order valence-corrected chi connectivity index (χ3v) is 7.58. The highest BCUT2D eigenvalue weighted by atomic mass is 35.5. The van der Waals surface area contributed by atoms with Crippen molar-refractivity contribution in [1.29, 1.82) is 0 Å². The molecule has 2 aliphatic rings. The van der Waals surface area contributed by atoms with Gasteiger partial charge in [0, 0.05) is 37.0 Å². The number of nitrogens with zero attached hydrogens (tertiary/aromatic N) is 3. The molecule has 2 fully saturated rings. The van der Waals surface area contributed by atoms with Gasteiger partial charge in [-0.25, -0.2) is 18.4 Å². The van der Waals surface area contributed by atoms with E-state index in [-0.39, 0.29) is 29.4 Å². The van der Waals surface area contributed by atoms with E-state index in [1.807, 2.05) is 25.1 Å². The minimum atomic E-state index is -3.05. The zero-order valence-electron chi connectivity index (χ0n) is 15.1. The smallest absolute Gasteiger partial charge is 0.221 e. The Morgan fingerprint density at radius 3 is 2.48 bits per heavy atom. The highest BCUT2D eigenvalue weighted by Crippen LogP contribution is 2.35. The second-order valence-electron chi connectivity index (χ2n) is 7.45. The van der Waals surface area contributed by atoms with E-state index >= 15 is 0 Å². The first-order valence-corrected chi connectivity index (χ1v) is 11.2. The minimum absolute atomic E-state index is 0.0839. The third-order valence-electron chi connectivity index (χ3n) is 5.32. The molecular weight excluding hydrogens is 386 g/mol. The van der Waals surface area contributed by atoms with Gasteiger partial charge in [0.25, 0.3) is 0 Å². The summed E-state index contributed by atoms with van der Waals surface area (Å²) in [4.78, 5) is 10.5. The SMILES string of the molecule is Cc1c(Cl)ncnc1OC1C2CN(Cc3ccccc3)CC1CS(=O)(=O)C2. The van der Waals surface area contributed by atoms with Gasteiger partial charge in [0.15, 0.2) is 9.84 Å². The Kier molecular flexibility index (Phi) is 5.09. The summed E-state index contributed by atoms with van der Waals surface area (Å²) in [6.07, 6.45) is 1.20. The molecule has 6 nitrogen and oxygen atoms in total. The molecule has 0 aliphatic carbocycles. The molecule has 2 aromatic rings. The lowest BCUT2D eigenvalue weighted by atomic mass is 9.87. The first-order chi connectivity index (χ1) is 12.9. The lowest BCUT2D eigenvalue weighted by molar-refractivity contribution is -0.0000373. The van der Waals surface area contributed by atoms with Crippen LogP contribution >= 0.6 is 11.6 Å². The Balaban J connectivity index is 1.55. The summed E-state index contributed by atoms with van der Waals surface area (Å²) in [5, 5.41) is 0.360. The number of rotatable bonds is 4. The van der Waals surface area contributed by atoms with Gasteiger partial charge in [-0.05, 0) is 12.5 Å². The lowest BCUT2D eigenvalue weighted by Crippen LogP contribution is -2.58. The first-order valence-electron chi connectivity index (χ1n) is 9.02. The van der Waals surface area contributed by atoms with E-state index in [1.54, 1.807) is 0 Å². The van der Waals surface area contributed by atoms with Crippen LogP contribution in [0.1, 0.15) is 11.1 Å². The van der Waals surface area contributed by atoms with Gasteiger partial charge in [0.1, 0.15) is 17.6 Å². The van der Waals surface area contributed by atoms with Crippen molar-refractivity contribution in [2.75, 3.05) is 24.6 Å². The minimum Gasteiger partial charge on any atom is -0.473 e. The van der Waals surface area contributed by atoms with Gasteiger partial charge in [-0.15, -0.1) is 0 Å². The van der Waals surface area contributed by atoms with E-state index in [0.29, 0.717) is 29.7 Å². The van der Waals surface area contributed by atoms with Gasteiger partial charge in [0.2, 0.25) is 5.88 Å². The Morgan fingerprint density at radius 2 is 1.81 bits per heavy atom. The molecule has 2 saturated heterocycles. The van der Waals surface area contributed by atoms with Crippen molar-refractivity contribution in [2.24, 2.45) is 11.8 Å². The Labute approximate surface area is 164 Å². The molecule has 1 aromatic heterocycles. The number of piperidine rings is 1. The average molecular weight is 408 g/mol. The van der Waals surface area contributed by atoms with Crippen LogP contribution in [0.25, 0.3) is 0 Å². The highest BCUT2D eigenvalue weighted by Gasteiger charge is 2.47. The average Bonchev–Trinajstić information content (AvgIpc) is 2.60. The van der Waals surface area contributed by atoms with Gasteiger partial charge in [-0.3, -0.25) is 4.90 Å². The quantitative estimate of drug-likeness (QED) is 0.724. The molecule has 2 aliphatic heterocycles. The van der Waals surface area contributed by atoms with Gasteiger partial charge in [-0.2, -0.15) is 0 Å². The number of ether oxygens (including phenoxy) is 1. The fourth-order valence-electron chi connectivity index (χ4n) is 4.17. The maximum atomic E-state index is 12.3. The van der Waals surface area contributed by atoms with Crippen LogP contribution in [0.4, 0.5) is 0 Å². The summed E-state index contributed by atoms with van der Waals surface area (Å²) in [7, 11) is -3.05. The Hall–Kier alpha value is -1.70. The molecule has 8 heteroatoms. The van der Waals surface area contributed by atoms with Crippen molar-refractivity contribution in [2.45, 2.75) is 19.6 Å². The molecule has 144 valence electrons. The van der Waals surface area contributed by atoms with E-state index in [2.05, 4.69) is 27.0 Å². The topological polar surface area (TPSA) is 72.4 Å². The van der Waals surface area contributed by atoms with Crippen LogP contribution in [0.5, 0.6) is 5.88 Å². The summed E-state index contributed by atoms with van der Waals surface area (Å²) < 4.78 is 30.9. The van der Waals surface area contributed by atoms with Crippen LogP contribution in [0.15, 0.2) is 36.7 Å². The zero-order valence-corrected chi connectivity index (χ0v) is 16.7. The molecule has 1 aromatic carbocycles. The fourth-order valence-corrected chi connectivity index (χ4v) is 6.33. The molecule has 0 saturated carbocycles. The van der Waals surface area contributed by atoms with Gasteiger partial charge >= 0.3 is 0 Å². The monoisotopic (exact) mass is 407 g/mol. The summed E-state index contributed by atoms with van der Waals surface area (Å²) in [5.41, 5.74) is 1.92. The molecule has 0 radical (unpaired) electrons. The molecule has 0 spiro atoms. The van der Waals surface area contributed by atoms with Crippen LogP contribution in [0, 0.1) is 18.8 Å². The number of hydrogen-bond donors (Lipinski definition) is 0. The fraction of sp³-hybridized carbons (Fsp3) is 0.474. The van der Waals surface area contributed by atoms with Gasteiger partial charge in [0.05, 0.1) is 11.5 Å². The summed E-state index contributed by atoms with van der Waals surface area (Å²) in [6.45, 7) is 4.01. The normalized spacial score (nSPS) is 27.3. The van der Waals surface area contributed by atoms with E-state index < -0.39 is 9.84 Å². The zero-order chi connectivity index (χ0) is 19.0. The number of benzene rings is 1. The van der Waals surface area contributed by atoms with Crippen LogP contribution < -0.4 is 4.74 Å². The van der Waals surface area contributed by atoms with Crippen molar-refractivity contribution in [3.05, 3.63) is 52.9 Å². The van der Waals surface area contributed by atoms with Crippen LogP contribution in [-0.4, -0.2) is 54.0 Å². The van der Waals surface area contributed by atoms with E-state index in [9.17, 15) is 8.42 Å². The molecule has 0 amide bonds. The van der Waals surface area contributed by atoms with Gasteiger partial charge < -0.3 is 4.74 Å². The molecule has 0 N–H and O–H groups in total. The molecular formula is C19H22ClN3O3S. The number of fused-ring (bicyclic) bond motifs is 2. The molecule has 3 heterocycles. The maximum Gasteiger partial charge on any atom is 0.221 e. The third kappa shape index (κ3) is 4.10. The number of sulfone groups is 1. The first kappa shape index (κ1) is 18.7. The maximum absolute atomic E-state index is 12.3. The largest absolute Gasteiger partial charge is 0.473 e. The van der Waals surface area contributed by atoms with E-state index in [4.69, 9.17) is 16.3 Å². The summed E-state index contributed by atoms with van der Waals surface area (Å²) in [5.74, 6) is 0.582. The lowest BCUT2D eigenvalue weighted by Gasteiger charge is -2.46. The number of hydrogen-bond acceptors (Lipinski definition) is 6. The number of halogens is 1. The predicted molar refractivity (Wildman–Crippen MR) is 104 cm³/mol.